The number of benzene rings is 4. The molecular formula is C31H34IN5OP+. The van der Waals surface area contributed by atoms with Crippen LogP contribution in [-0.2, 0) is 0 Å². The molecule has 0 aliphatic carbocycles. The minimum absolute atomic E-state index is 0.260. The summed E-state index contributed by atoms with van der Waals surface area (Å²) in [6.45, 7) is 0.577. The normalized spacial score (nSPS) is 16.2. The van der Waals surface area contributed by atoms with Gasteiger partial charge in [0.1, 0.15) is 0 Å². The fourth-order valence-electron chi connectivity index (χ4n) is 5.02. The molecule has 0 saturated carbocycles. The molecule has 39 heavy (non-hydrogen) atoms. The van der Waals surface area contributed by atoms with Crippen molar-refractivity contribution in [2.75, 3.05) is 26.9 Å². The van der Waals surface area contributed by atoms with E-state index in [2.05, 4.69) is 129 Å². The molecule has 4 N–H and O–H groups in total. The maximum absolute atomic E-state index is 6.44. The molecule has 1 atom stereocenters. The van der Waals surface area contributed by atoms with Gasteiger partial charge in [0, 0.05) is 0 Å². The van der Waals surface area contributed by atoms with E-state index in [0.29, 0.717) is 12.6 Å². The van der Waals surface area contributed by atoms with Gasteiger partial charge in [-0.2, -0.15) is 0 Å². The molecule has 1 heterocycles. The van der Waals surface area contributed by atoms with Gasteiger partial charge >= 0.3 is 244 Å². The molecule has 0 bridgehead atoms. The van der Waals surface area contributed by atoms with Crippen molar-refractivity contribution in [1.29, 1.82) is 0 Å². The van der Waals surface area contributed by atoms with Crippen LogP contribution in [0.15, 0.2) is 120 Å². The predicted octanol–water partition coefficient (Wildman–Crippen LogP) is 4.08. The average Bonchev–Trinajstić information content (AvgIpc) is 2.98. The summed E-state index contributed by atoms with van der Waals surface area (Å²) >= 11 is 2.80. The first-order valence-electron chi connectivity index (χ1n) is 12.9. The summed E-state index contributed by atoms with van der Waals surface area (Å²) in [6, 6.07) is 40.9. The van der Waals surface area contributed by atoms with Crippen LogP contribution in [0.1, 0.15) is 11.7 Å². The Kier molecular flexibility index (Phi) is 7.91. The number of nitrogens with zero attached hydrogens (tertiary/aromatic N) is 2. The SMILES string of the molecule is C[N+](C)=C1NC(N)=NC(c2ccc(OCCP(I)(c3ccccc3)(c3ccccc3)c3ccccc3)cc2)N1. The predicted molar refractivity (Wildman–Crippen MR) is 174 cm³/mol. The van der Waals surface area contributed by atoms with E-state index in [0.717, 1.165) is 23.4 Å². The fraction of sp³-hybridized carbons (Fsp3) is 0.161. The van der Waals surface area contributed by atoms with E-state index in [1.807, 2.05) is 42.9 Å². The van der Waals surface area contributed by atoms with Crippen molar-refractivity contribution in [2.24, 2.45) is 10.7 Å². The Morgan fingerprint density at radius 3 is 1.74 bits per heavy atom. The van der Waals surface area contributed by atoms with E-state index in [9.17, 15) is 0 Å². The van der Waals surface area contributed by atoms with Gasteiger partial charge in [0.05, 0.1) is 0 Å². The first kappa shape index (κ1) is 27.2. The number of nitrogens with one attached hydrogen (secondary N) is 2. The van der Waals surface area contributed by atoms with Gasteiger partial charge in [-0.3, -0.25) is 0 Å². The number of halogens is 1. The molecule has 0 amide bonds. The molecule has 1 aliphatic heterocycles. The Morgan fingerprint density at radius 1 is 0.795 bits per heavy atom. The third-order valence-corrected chi connectivity index (χ3v) is 18.7. The van der Waals surface area contributed by atoms with Crippen LogP contribution in [0.3, 0.4) is 0 Å². The van der Waals surface area contributed by atoms with Crippen LogP contribution >= 0.6 is 26.3 Å². The number of nitrogens with two attached hydrogens (primary N) is 1. The summed E-state index contributed by atoms with van der Waals surface area (Å²) in [4.78, 5) is 4.51. The van der Waals surface area contributed by atoms with E-state index in [4.69, 9.17) is 10.5 Å². The van der Waals surface area contributed by atoms with Crippen molar-refractivity contribution in [3.63, 3.8) is 0 Å². The number of guanidine groups is 2. The van der Waals surface area contributed by atoms with E-state index in [-0.39, 0.29) is 6.17 Å². The standard InChI is InChI=1S/C31H33IN5OP/c1-37(2)31-35-29(34-30(33)36-31)24-18-20-25(21-19-24)38-22-23-39(32,26-12-6-3-7-13-26,27-14-8-4-9-15-27)28-16-10-5-11-17-28/h3-21,29H,22-23H2,1-2H3,(H3,33,34,35,36)/p+1. The molecule has 6 nitrogen and oxygen atoms in total. The van der Waals surface area contributed by atoms with Gasteiger partial charge in [-0.1, -0.05) is 0 Å². The fourth-order valence-corrected chi connectivity index (χ4v) is 13.0. The van der Waals surface area contributed by atoms with Crippen LogP contribution in [0.5, 0.6) is 5.75 Å². The molecule has 0 aromatic heterocycles. The zero-order chi connectivity index (χ0) is 27.3. The Hall–Kier alpha value is -3.42. The summed E-state index contributed by atoms with van der Waals surface area (Å²) in [5.74, 6) is 2.03. The molecular weight excluding hydrogens is 616 g/mol. The molecule has 200 valence electrons. The second kappa shape index (κ2) is 11.4. The molecule has 1 unspecified atom stereocenters. The number of hydrogen-bond acceptors (Lipinski definition) is 3. The summed E-state index contributed by atoms with van der Waals surface area (Å²) < 4.78 is 5.50. The topological polar surface area (TPSA) is 74.7 Å². The van der Waals surface area contributed by atoms with Crippen LogP contribution in [0.4, 0.5) is 0 Å². The van der Waals surface area contributed by atoms with Gasteiger partial charge in [-0.05, 0) is 0 Å². The Labute approximate surface area is 243 Å². The Morgan fingerprint density at radius 2 is 1.28 bits per heavy atom. The second-order valence-corrected chi connectivity index (χ2v) is 20.5. The number of hydrogen-bond donors (Lipinski definition) is 3. The van der Waals surface area contributed by atoms with Gasteiger partial charge < -0.3 is 0 Å². The minimum atomic E-state index is -2.87. The number of rotatable bonds is 8. The van der Waals surface area contributed by atoms with Crippen molar-refractivity contribution in [2.45, 2.75) is 6.17 Å². The summed E-state index contributed by atoms with van der Waals surface area (Å²) in [6.07, 6.45) is 0.605. The van der Waals surface area contributed by atoms with Gasteiger partial charge in [0.25, 0.3) is 0 Å². The van der Waals surface area contributed by atoms with Crippen LogP contribution in [0.25, 0.3) is 0 Å². The maximum atomic E-state index is 6.44. The van der Waals surface area contributed by atoms with Crippen molar-refractivity contribution >= 4 is 54.1 Å². The summed E-state index contributed by atoms with van der Waals surface area (Å²) in [7, 11) is 3.90. The first-order chi connectivity index (χ1) is 18.9. The molecule has 5 rings (SSSR count). The Balaban J connectivity index is 1.44. The second-order valence-electron chi connectivity index (χ2n) is 9.76. The van der Waals surface area contributed by atoms with Gasteiger partial charge in [0.2, 0.25) is 0 Å². The Bertz CT molecular complexity index is 1370. The van der Waals surface area contributed by atoms with Crippen LogP contribution in [0, 0.1) is 0 Å². The molecule has 0 spiro atoms. The third kappa shape index (κ3) is 5.38. The monoisotopic (exact) mass is 650 g/mol. The molecule has 0 fully saturated rings. The molecule has 0 radical (unpaired) electrons. The van der Waals surface area contributed by atoms with Crippen molar-refractivity contribution in [3.8, 4) is 5.75 Å². The van der Waals surface area contributed by atoms with Crippen LogP contribution in [-0.4, -0.2) is 43.4 Å². The molecule has 4 aromatic rings. The zero-order valence-electron chi connectivity index (χ0n) is 22.2. The zero-order valence-corrected chi connectivity index (χ0v) is 25.2. The molecule has 1 aliphatic rings. The molecule has 4 aromatic carbocycles. The van der Waals surface area contributed by atoms with Gasteiger partial charge in [-0.15, -0.1) is 0 Å². The van der Waals surface area contributed by atoms with Gasteiger partial charge in [0.15, 0.2) is 0 Å². The molecule has 0 saturated heterocycles. The molecule has 8 heteroatoms. The van der Waals surface area contributed by atoms with E-state index < -0.39 is 4.25 Å². The summed E-state index contributed by atoms with van der Waals surface area (Å²) in [5.41, 5.74) is 7.02. The van der Waals surface area contributed by atoms with E-state index in [1.165, 1.54) is 15.9 Å². The van der Waals surface area contributed by atoms with Crippen LogP contribution < -0.4 is 37.0 Å². The number of aliphatic imine (C=N–C) groups is 1. The average molecular weight is 651 g/mol. The third-order valence-electron chi connectivity index (χ3n) is 7.09. The summed E-state index contributed by atoms with van der Waals surface area (Å²) in [5, 5.41) is 10.5. The van der Waals surface area contributed by atoms with Crippen molar-refractivity contribution < 1.29 is 9.31 Å². The number of ether oxygens (including phenoxy) is 1. The van der Waals surface area contributed by atoms with Crippen molar-refractivity contribution in [1.82, 2.24) is 10.6 Å². The quantitative estimate of drug-likeness (QED) is 0.153. The van der Waals surface area contributed by atoms with Crippen LogP contribution in [0.2, 0.25) is 0 Å². The van der Waals surface area contributed by atoms with Gasteiger partial charge in [-0.25, -0.2) is 0 Å². The first-order valence-corrected chi connectivity index (χ1v) is 18.1. The van der Waals surface area contributed by atoms with E-state index in [1.54, 1.807) is 0 Å². The van der Waals surface area contributed by atoms with E-state index >= 15 is 0 Å². The van der Waals surface area contributed by atoms with Crippen molar-refractivity contribution in [3.05, 3.63) is 121 Å².